The van der Waals surface area contributed by atoms with Gasteiger partial charge in [-0.2, -0.15) is 0 Å². The topological polar surface area (TPSA) is 45.3 Å². The number of methoxy groups -OCH3 is 1. The number of amides is 1. The summed E-state index contributed by atoms with van der Waals surface area (Å²) in [4.78, 5) is 17.4. The number of nitrogens with one attached hydrogen (secondary N) is 1. The van der Waals surface area contributed by atoms with Crippen LogP contribution in [0.2, 0.25) is 10.2 Å². The molecule has 0 aliphatic carbocycles. The summed E-state index contributed by atoms with van der Waals surface area (Å²) in [6.07, 6.45) is 1.90. The molecule has 1 saturated heterocycles. The Hall–Kier alpha value is -1.65. The Morgan fingerprint density at radius 2 is 2.18 bits per heavy atom. The minimum absolute atomic E-state index is 0.0449. The molecule has 1 amide bonds. The first-order chi connectivity index (χ1) is 10.6. The number of halogens is 2. The van der Waals surface area contributed by atoms with Crippen molar-refractivity contribution < 1.29 is 9.53 Å². The molecule has 0 bridgehead atoms. The summed E-state index contributed by atoms with van der Waals surface area (Å²) in [6.45, 7) is 0.717. The van der Waals surface area contributed by atoms with Gasteiger partial charge in [-0.15, -0.1) is 0 Å². The fraction of sp³-hybridized carbons (Fsp3) is 0.312. The maximum atomic E-state index is 12.7. The van der Waals surface area contributed by atoms with E-state index >= 15 is 0 Å². The molecular formula is C16H16Cl2N2O2. The maximum absolute atomic E-state index is 12.7. The molecule has 0 radical (unpaired) electrons. The van der Waals surface area contributed by atoms with E-state index in [1.54, 1.807) is 13.2 Å². The second-order valence-electron chi connectivity index (χ2n) is 5.28. The van der Waals surface area contributed by atoms with Gasteiger partial charge >= 0.3 is 0 Å². The lowest BCUT2D eigenvalue weighted by Crippen LogP contribution is -2.30. The van der Waals surface area contributed by atoms with Crippen molar-refractivity contribution in [2.75, 3.05) is 13.7 Å². The second kappa shape index (κ2) is 6.23. The zero-order valence-corrected chi connectivity index (χ0v) is 13.6. The monoisotopic (exact) mass is 338 g/mol. The lowest BCUT2D eigenvalue weighted by atomic mass is 10.0. The van der Waals surface area contributed by atoms with E-state index in [9.17, 15) is 4.79 Å². The van der Waals surface area contributed by atoms with Gasteiger partial charge < -0.3 is 14.6 Å². The molecule has 0 spiro atoms. The molecule has 1 unspecified atom stereocenters. The maximum Gasteiger partial charge on any atom is 0.270 e. The molecule has 2 heterocycles. The number of hydrogen-bond donors (Lipinski definition) is 1. The highest BCUT2D eigenvalue weighted by Gasteiger charge is 2.31. The third kappa shape index (κ3) is 2.81. The van der Waals surface area contributed by atoms with E-state index in [0.717, 1.165) is 30.7 Å². The molecular weight excluding hydrogens is 323 g/mol. The van der Waals surface area contributed by atoms with Crippen LogP contribution in [0.3, 0.4) is 0 Å². The van der Waals surface area contributed by atoms with Gasteiger partial charge in [0, 0.05) is 6.54 Å². The Morgan fingerprint density at radius 1 is 1.36 bits per heavy atom. The molecule has 0 saturated carbocycles. The summed E-state index contributed by atoms with van der Waals surface area (Å²) in [6, 6.07) is 9.46. The predicted molar refractivity (Wildman–Crippen MR) is 86.8 cm³/mol. The molecule has 6 heteroatoms. The van der Waals surface area contributed by atoms with Gasteiger partial charge in [-0.1, -0.05) is 35.3 Å². The molecule has 1 fully saturated rings. The van der Waals surface area contributed by atoms with Crippen molar-refractivity contribution >= 4 is 29.1 Å². The Balaban J connectivity index is 1.87. The first-order valence-electron chi connectivity index (χ1n) is 7.09. The zero-order valence-electron chi connectivity index (χ0n) is 12.1. The number of rotatable bonds is 3. The number of carbonyl (C=O) groups excluding carboxylic acids is 1. The number of carbonyl (C=O) groups is 1. The van der Waals surface area contributed by atoms with Crippen LogP contribution >= 0.6 is 23.2 Å². The van der Waals surface area contributed by atoms with Crippen molar-refractivity contribution in [1.82, 2.24) is 9.88 Å². The second-order valence-corrected chi connectivity index (χ2v) is 6.06. The molecule has 1 aromatic heterocycles. The van der Waals surface area contributed by atoms with E-state index < -0.39 is 0 Å². The Bertz CT molecular complexity index is 680. The number of aromatic nitrogens is 1. The number of aromatic amines is 1. The summed E-state index contributed by atoms with van der Waals surface area (Å²) in [5.41, 5.74) is 1.50. The average Bonchev–Trinajstić information content (AvgIpc) is 3.14. The number of H-pyrrole nitrogens is 1. The number of hydrogen-bond acceptors (Lipinski definition) is 2. The van der Waals surface area contributed by atoms with Crippen molar-refractivity contribution in [2.24, 2.45) is 0 Å². The van der Waals surface area contributed by atoms with Gasteiger partial charge in [-0.05, 0) is 36.6 Å². The average molecular weight is 339 g/mol. The van der Waals surface area contributed by atoms with Gasteiger partial charge in [0.1, 0.15) is 16.6 Å². The van der Waals surface area contributed by atoms with Crippen LogP contribution in [0.1, 0.15) is 34.9 Å². The van der Waals surface area contributed by atoms with E-state index in [2.05, 4.69) is 4.98 Å². The SMILES string of the molecule is COc1cccc(C2CCCN2C(=O)c2cc(Cl)c(Cl)[nH]2)c1. The van der Waals surface area contributed by atoms with E-state index in [1.165, 1.54) is 0 Å². The third-order valence-corrected chi connectivity index (χ3v) is 4.64. The van der Waals surface area contributed by atoms with Crippen molar-refractivity contribution in [3.8, 4) is 5.75 Å². The van der Waals surface area contributed by atoms with Crippen LogP contribution in [-0.4, -0.2) is 29.4 Å². The van der Waals surface area contributed by atoms with Crippen LogP contribution in [0.25, 0.3) is 0 Å². The molecule has 3 rings (SSSR count). The highest BCUT2D eigenvalue weighted by atomic mass is 35.5. The first kappa shape index (κ1) is 15.3. The molecule has 116 valence electrons. The number of nitrogens with zero attached hydrogens (tertiary/aromatic N) is 1. The van der Waals surface area contributed by atoms with Crippen LogP contribution < -0.4 is 4.74 Å². The van der Waals surface area contributed by atoms with Gasteiger partial charge in [0.15, 0.2) is 0 Å². The minimum Gasteiger partial charge on any atom is -0.497 e. The number of ether oxygens (including phenoxy) is 1. The van der Waals surface area contributed by atoms with E-state index in [0.29, 0.717) is 15.9 Å². The molecule has 1 atom stereocenters. The zero-order chi connectivity index (χ0) is 15.7. The Labute approximate surface area is 139 Å². The molecule has 2 aromatic rings. The molecule has 1 aromatic carbocycles. The van der Waals surface area contributed by atoms with Gasteiger partial charge in [-0.25, -0.2) is 0 Å². The summed E-state index contributed by atoms with van der Waals surface area (Å²) >= 11 is 11.8. The largest absolute Gasteiger partial charge is 0.497 e. The third-order valence-electron chi connectivity index (χ3n) is 3.95. The highest BCUT2D eigenvalue weighted by molar-refractivity contribution is 6.41. The fourth-order valence-corrected chi connectivity index (χ4v) is 3.19. The lowest BCUT2D eigenvalue weighted by molar-refractivity contribution is 0.0730. The van der Waals surface area contributed by atoms with Crippen molar-refractivity contribution in [2.45, 2.75) is 18.9 Å². The highest BCUT2D eigenvalue weighted by Crippen LogP contribution is 2.35. The minimum atomic E-state index is -0.0841. The number of benzene rings is 1. The summed E-state index contributed by atoms with van der Waals surface area (Å²) in [5.74, 6) is 0.710. The molecule has 22 heavy (non-hydrogen) atoms. The molecule has 1 aliphatic rings. The van der Waals surface area contributed by atoms with Crippen molar-refractivity contribution in [3.63, 3.8) is 0 Å². The van der Waals surface area contributed by atoms with Crippen molar-refractivity contribution in [1.29, 1.82) is 0 Å². The predicted octanol–water partition coefficient (Wildman–Crippen LogP) is 4.31. The van der Waals surface area contributed by atoms with Crippen LogP contribution in [0.5, 0.6) is 5.75 Å². The van der Waals surface area contributed by atoms with Crippen LogP contribution in [0.15, 0.2) is 30.3 Å². The number of likely N-dealkylation sites (tertiary alicyclic amines) is 1. The Kier molecular flexibility index (Phi) is 4.32. The Morgan fingerprint density at radius 3 is 2.86 bits per heavy atom. The first-order valence-corrected chi connectivity index (χ1v) is 7.84. The molecule has 4 nitrogen and oxygen atoms in total. The van der Waals surface area contributed by atoms with Gasteiger partial charge in [0.2, 0.25) is 0 Å². The van der Waals surface area contributed by atoms with Gasteiger partial charge in [0.05, 0.1) is 18.2 Å². The molecule has 1 aliphatic heterocycles. The van der Waals surface area contributed by atoms with Crippen LogP contribution in [0, 0.1) is 0 Å². The molecule has 1 N–H and O–H groups in total. The van der Waals surface area contributed by atoms with E-state index in [-0.39, 0.29) is 11.9 Å². The lowest BCUT2D eigenvalue weighted by Gasteiger charge is -2.25. The van der Waals surface area contributed by atoms with Crippen LogP contribution in [-0.2, 0) is 0 Å². The quantitative estimate of drug-likeness (QED) is 0.906. The van der Waals surface area contributed by atoms with Crippen molar-refractivity contribution in [3.05, 3.63) is 51.8 Å². The fourth-order valence-electron chi connectivity index (χ4n) is 2.88. The summed E-state index contributed by atoms with van der Waals surface area (Å²) in [7, 11) is 1.64. The van der Waals surface area contributed by atoms with E-state index in [4.69, 9.17) is 27.9 Å². The van der Waals surface area contributed by atoms with Crippen LogP contribution in [0.4, 0.5) is 0 Å². The normalized spacial score (nSPS) is 17.8. The van der Waals surface area contributed by atoms with Gasteiger partial charge in [0.25, 0.3) is 5.91 Å². The van der Waals surface area contributed by atoms with Gasteiger partial charge in [-0.3, -0.25) is 4.79 Å². The summed E-state index contributed by atoms with van der Waals surface area (Å²) < 4.78 is 5.27. The van der Waals surface area contributed by atoms with E-state index in [1.807, 2.05) is 29.2 Å². The summed E-state index contributed by atoms with van der Waals surface area (Å²) in [5, 5.41) is 0.657. The smallest absolute Gasteiger partial charge is 0.270 e. The standard InChI is InChI=1S/C16H16Cl2N2O2/c1-22-11-5-2-4-10(8-11)14-6-3-7-20(14)16(21)13-9-12(17)15(18)19-13/h2,4-5,8-9,14,19H,3,6-7H2,1H3.